The van der Waals surface area contributed by atoms with Crippen molar-refractivity contribution in [1.29, 1.82) is 0 Å². The fraction of sp³-hybridized carbons (Fsp3) is 0.400. The summed E-state index contributed by atoms with van der Waals surface area (Å²) in [4.78, 5) is 30.1. The Bertz CT molecular complexity index is 783. The van der Waals surface area contributed by atoms with Crippen LogP contribution in [0.5, 0.6) is 0 Å². The van der Waals surface area contributed by atoms with Gasteiger partial charge in [0.15, 0.2) is 0 Å². The number of benzene rings is 1. The van der Waals surface area contributed by atoms with Crippen molar-refractivity contribution in [2.75, 3.05) is 33.8 Å². The normalized spacial score (nSPS) is 16.9. The van der Waals surface area contributed by atoms with Crippen molar-refractivity contribution in [3.05, 3.63) is 46.8 Å². The van der Waals surface area contributed by atoms with Crippen LogP contribution in [0.2, 0.25) is 0 Å². The summed E-state index contributed by atoms with van der Waals surface area (Å²) in [6.45, 7) is 3.75. The molecule has 0 aliphatic carbocycles. The molecule has 1 amide bonds. The number of hydrogen-bond donors (Lipinski definition) is 0. The molecule has 1 aliphatic rings. The lowest BCUT2D eigenvalue weighted by atomic mass is 10.1. The van der Waals surface area contributed by atoms with E-state index in [1.807, 2.05) is 35.2 Å². The van der Waals surface area contributed by atoms with Crippen LogP contribution in [0.3, 0.4) is 0 Å². The molecule has 0 saturated carbocycles. The van der Waals surface area contributed by atoms with E-state index in [4.69, 9.17) is 4.74 Å². The third kappa shape index (κ3) is 3.97. The zero-order chi connectivity index (χ0) is 18.7. The average molecular weight is 372 g/mol. The number of ether oxygens (including phenoxy) is 1. The molecule has 2 heterocycles. The van der Waals surface area contributed by atoms with Crippen molar-refractivity contribution in [1.82, 2.24) is 9.80 Å². The number of likely N-dealkylation sites (tertiary alicyclic amines) is 1. The lowest BCUT2D eigenvalue weighted by Crippen LogP contribution is -2.34. The van der Waals surface area contributed by atoms with Gasteiger partial charge in [0, 0.05) is 29.6 Å². The number of likely N-dealkylation sites (N-methyl/N-ethyl adjacent to an activating group) is 1. The lowest BCUT2D eigenvalue weighted by Gasteiger charge is -2.20. The summed E-state index contributed by atoms with van der Waals surface area (Å²) in [6.07, 6.45) is 1.02. The quantitative estimate of drug-likeness (QED) is 0.755. The molecule has 0 bridgehead atoms. The minimum Gasteiger partial charge on any atom is -0.462 e. The van der Waals surface area contributed by atoms with Gasteiger partial charge in [-0.15, -0.1) is 11.3 Å². The van der Waals surface area contributed by atoms with Gasteiger partial charge in [0.1, 0.15) is 4.88 Å². The van der Waals surface area contributed by atoms with Crippen molar-refractivity contribution >= 4 is 23.2 Å². The molecule has 26 heavy (non-hydrogen) atoms. The smallest absolute Gasteiger partial charge is 0.348 e. The first-order valence-electron chi connectivity index (χ1n) is 8.82. The summed E-state index contributed by atoms with van der Waals surface area (Å²) in [6, 6.07) is 11.7. The molecule has 6 heteroatoms. The van der Waals surface area contributed by atoms with Crippen molar-refractivity contribution in [3.8, 4) is 10.4 Å². The Balaban J connectivity index is 1.69. The van der Waals surface area contributed by atoms with Gasteiger partial charge in [0.05, 0.1) is 6.61 Å². The first-order chi connectivity index (χ1) is 12.5. The van der Waals surface area contributed by atoms with E-state index in [-0.39, 0.29) is 11.9 Å². The average Bonchev–Trinajstić information content (AvgIpc) is 3.31. The molecule has 1 aromatic heterocycles. The van der Waals surface area contributed by atoms with E-state index in [0.717, 1.165) is 30.0 Å². The fourth-order valence-corrected chi connectivity index (χ4v) is 4.02. The summed E-state index contributed by atoms with van der Waals surface area (Å²) >= 11 is 1.40. The maximum atomic E-state index is 12.7. The van der Waals surface area contributed by atoms with Gasteiger partial charge in [-0.2, -0.15) is 0 Å². The van der Waals surface area contributed by atoms with E-state index >= 15 is 0 Å². The molecule has 3 rings (SSSR count). The van der Waals surface area contributed by atoms with Crippen molar-refractivity contribution < 1.29 is 14.3 Å². The molecule has 138 valence electrons. The monoisotopic (exact) mass is 372 g/mol. The van der Waals surface area contributed by atoms with Crippen LogP contribution in [0.25, 0.3) is 10.4 Å². The van der Waals surface area contributed by atoms with Crippen LogP contribution < -0.4 is 0 Å². The summed E-state index contributed by atoms with van der Waals surface area (Å²) in [5.74, 6) is -0.209. The second-order valence-corrected chi connectivity index (χ2v) is 7.70. The first kappa shape index (κ1) is 18.6. The number of carbonyl (C=O) groups excluding carboxylic acids is 2. The molecule has 2 aromatic rings. The standard InChI is InChI=1S/C20H24N2O3S/c1-4-25-20(24)18-10-9-17(26-18)14-5-7-15(8-6-14)19(23)22-12-11-16(13-22)21(2)3/h5-10,16H,4,11-13H2,1-3H3/t16-/m0/s1. The van der Waals surface area contributed by atoms with Gasteiger partial charge in [-0.05, 0) is 57.3 Å². The Kier molecular flexibility index (Phi) is 5.74. The highest BCUT2D eigenvalue weighted by atomic mass is 32.1. The van der Waals surface area contributed by atoms with Gasteiger partial charge in [-0.1, -0.05) is 12.1 Å². The highest BCUT2D eigenvalue weighted by molar-refractivity contribution is 7.17. The maximum absolute atomic E-state index is 12.7. The highest BCUT2D eigenvalue weighted by Crippen LogP contribution is 2.29. The number of nitrogens with zero attached hydrogens (tertiary/aromatic N) is 2. The topological polar surface area (TPSA) is 49.9 Å². The lowest BCUT2D eigenvalue weighted by molar-refractivity contribution is 0.0532. The van der Waals surface area contributed by atoms with Crippen LogP contribution in [-0.2, 0) is 4.74 Å². The van der Waals surface area contributed by atoms with Gasteiger partial charge in [0.2, 0.25) is 0 Å². The number of esters is 1. The number of amides is 1. The number of hydrogen-bond acceptors (Lipinski definition) is 5. The zero-order valence-corrected chi connectivity index (χ0v) is 16.2. The van der Waals surface area contributed by atoms with Crippen LogP contribution in [0.4, 0.5) is 0 Å². The maximum Gasteiger partial charge on any atom is 0.348 e. The minimum atomic E-state index is -0.292. The molecule has 1 saturated heterocycles. The van der Waals surface area contributed by atoms with Gasteiger partial charge in [-0.25, -0.2) is 4.79 Å². The van der Waals surface area contributed by atoms with E-state index < -0.39 is 0 Å². The van der Waals surface area contributed by atoms with Crippen molar-refractivity contribution in [2.45, 2.75) is 19.4 Å². The predicted molar refractivity (Wildman–Crippen MR) is 104 cm³/mol. The Morgan fingerprint density at radius 1 is 1.19 bits per heavy atom. The first-order valence-corrected chi connectivity index (χ1v) is 9.64. The Morgan fingerprint density at radius 2 is 1.92 bits per heavy atom. The third-order valence-corrected chi connectivity index (χ3v) is 5.79. The van der Waals surface area contributed by atoms with Gasteiger partial charge in [0.25, 0.3) is 5.91 Å². The Hall–Kier alpha value is -2.18. The molecule has 0 N–H and O–H groups in total. The fourth-order valence-electron chi connectivity index (χ4n) is 3.11. The molecule has 1 aliphatic heterocycles. The van der Waals surface area contributed by atoms with Gasteiger partial charge in [-0.3, -0.25) is 4.79 Å². The van der Waals surface area contributed by atoms with Crippen LogP contribution in [0, 0.1) is 0 Å². The van der Waals surface area contributed by atoms with E-state index in [1.54, 1.807) is 13.0 Å². The largest absolute Gasteiger partial charge is 0.462 e. The van der Waals surface area contributed by atoms with Gasteiger partial charge < -0.3 is 14.5 Å². The molecular weight excluding hydrogens is 348 g/mol. The zero-order valence-electron chi connectivity index (χ0n) is 15.4. The molecule has 1 atom stereocenters. The molecular formula is C20H24N2O3S. The SMILES string of the molecule is CCOC(=O)c1ccc(-c2ccc(C(=O)N3CC[C@H](N(C)C)C3)cc2)s1. The highest BCUT2D eigenvalue weighted by Gasteiger charge is 2.28. The minimum absolute atomic E-state index is 0.0827. The second-order valence-electron chi connectivity index (χ2n) is 6.62. The summed E-state index contributed by atoms with van der Waals surface area (Å²) < 4.78 is 5.03. The second kappa shape index (κ2) is 8.01. The molecule has 0 spiro atoms. The molecule has 0 unspecified atom stereocenters. The van der Waals surface area contributed by atoms with Crippen LogP contribution in [0.15, 0.2) is 36.4 Å². The van der Waals surface area contributed by atoms with E-state index in [2.05, 4.69) is 19.0 Å². The summed E-state index contributed by atoms with van der Waals surface area (Å²) in [5.41, 5.74) is 1.70. The number of rotatable bonds is 5. The Morgan fingerprint density at radius 3 is 2.54 bits per heavy atom. The van der Waals surface area contributed by atoms with E-state index in [9.17, 15) is 9.59 Å². The van der Waals surface area contributed by atoms with Crippen molar-refractivity contribution in [3.63, 3.8) is 0 Å². The van der Waals surface area contributed by atoms with Crippen LogP contribution in [-0.4, -0.2) is 61.5 Å². The van der Waals surface area contributed by atoms with Crippen LogP contribution >= 0.6 is 11.3 Å². The molecule has 5 nitrogen and oxygen atoms in total. The van der Waals surface area contributed by atoms with Crippen molar-refractivity contribution in [2.24, 2.45) is 0 Å². The molecule has 0 radical (unpaired) electrons. The number of thiophene rings is 1. The summed E-state index contributed by atoms with van der Waals surface area (Å²) in [5, 5.41) is 0. The van der Waals surface area contributed by atoms with E-state index in [1.165, 1.54) is 11.3 Å². The van der Waals surface area contributed by atoms with E-state index in [0.29, 0.717) is 23.1 Å². The molecule has 1 fully saturated rings. The number of carbonyl (C=O) groups is 2. The summed E-state index contributed by atoms with van der Waals surface area (Å²) in [7, 11) is 4.11. The third-order valence-electron chi connectivity index (χ3n) is 4.68. The van der Waals surface area contributed by atoms with Crippen LogP contribution in [0.1, 0.15) is 33.4 Å². The Labute approximate surface area is 158 Å². The predicted octanol–water partition coefficient (Wildman–Crippen LogP) is 3.37. The van der Waals surface area contributed by atoms with Gasteiger partial charge >= 0.3 is 5.97 Å². The molecule has 1 aromatic carbocycles.